The summed E-state index contributed by atoms with van der Waals surface area (Å²) in [5, 5.41) is 7.27. The van der Waals surface area contributed by atoms with E-state index < -0.39 is 5.97 Å². The second kappa shape index (κ2) is 8.95. The van der Waals surface area contributed by atoms with E-state index in [1.54, 1.807) is 11.6 Å². The third-order valence-corrected chi connectivity index (χ3v) is 5.25. The van der Waals surface area contributed by atoms with E-state index in [1.807, 2.05) is 70.2 Å². The largest absolute Gasteiger partial charge is 0.452 e. The first-order chi connectivity index (χ1) is 14.3. The summed E-state index contributed by atoms with van der Waals surface area (Å²) in [7, 11) is 0. The summed E-state index contributed by atoms with van der Waals surface area (Å²) in [6.45, 7) is 9.77. The predicted molar refractivity (Wildman–Crippen MR) is 117 cm³/mol. The number of rotatable bonds is 6. The monoisotopic (exact) mass is 405 g/mol. The Balaban J connectivity index is 1.65. The van der Waals surface area contributed by atoms with Crippen molar-refractivity contribution in [2.75, 3.05) is 11.9 Å². The first kappa shape index (κ1) is 21.3. The molecule has 1 amide bonds. The molecule has 0 unspecified atom stereocenters. The molecule has 0 bridgehead atoms. The number of amides is 1. The van der Waals surface area contributed by atoms with E-state index in [1.165, 1.54) is 5.56 Å². The van der Waals surface area contributed by atoms with Crippen molar-refractivity contribution in [3.8, 4) is 0 Å². The third-order valence-electron chi connectivity index (χ3n) is 5.25. The van der Waals surface area contributed by atoms with E-state index in [2.05, 4.69) is 10.4 Å². The zero-order valence-electron chi connectivity index (χ0n) is 18.1. The van der Waals surface area contributed by atoms with Crippen LogP contribution < -0.4 is 5.32 Å². The number of carbonyl (C=O) groups is 2. The molecule has 3 aromatic rings. The first-order valence-corrected chi connectivity index (χ1v) is 9.89. The van der Waals surface area contributed by atoms with E-state index in [4.69, 9.17) is 4.74 Å². The number of nitrogens with zero attached hydrogens (tertiary/aromatic N) is 2. The van der Waals surface area contributed by atoms with Crippen molar-refractivity contribution in [2.24, 2.45) is 0 Å². The predicted octanol–water partition coefficient (Wildman–Crippen LogP) is 4.27. The minimum absolute atomic E-state index is 0.353. The zero-order valence-corrected chi connectivity index (χ0v) is 18.1. The number of benzene rings is 2. The van der Waals surface area contributed by atoms with Crippen LogP contribution in [0, 0.1) is 34.6 Å². The molecule has 6 heteroatoms. The topological polar surface area (TPSA) is 73.2 Å². The Kier molecular flexibility index (Phi) is 6.35. The van der Waals surface area contributed by atoms with Crippen molar-refractivity contribution < 1.29 is 14.3 Å². The molecule has 0 aliphatic rings. The first-order valence-electron chi connectivity index (χ1n) is 9.89. The average molecular weight is 405 g/mol. The second-order valence-electron chi connectivity index (χ2n) is 7.56. The maximum absolute atomic E-state index is 12.6. The van der Waals surface area contributed by atoms with E-state index in [-0.39, 0.29) is 12.5 Å². The highest BCUT2D eigenvalue weighted by molar-refractivity contribution is 5.96. The summed E-state index contributed by atoms with van der Waals surface area (Å²) in [5.74, 6) is -0.921. The Morgan fingerprint density at radius 1 is 1.00 bits per heavy atom. The molecule has 0 atom stereocenters. The molecule has 1 N–H and O–H groups in total. The highest BCUT2D eigenvalue weighted by atomic mass is 16.5. The molecule has 3 rings (SSSR count). The van der Waals surface area contributed by atoms with E-state index in [0.717, 1.165) is 16.7 Å². The lowest BCUT2D eigenvalue weighted by Crippen LogP contribution is -2.22. The smallest absolute Gasteiger partial charge is 0.342 e. The molecular weight excluding hydrogens is 378 g/mol. The molecule has 6 nitrogen and oxygen atoms in total. The highest BCUT2D eigenvalue weighted by Crippen LogP contribution is 2.19. The van der Waals surface area contributed by atoms with Crippen LogP contribution in [0.2, 0.25) is 0 Å². The van der Waals surface area contributed by atoms with Gasteiger partial charge in [-0.25, -0.2) is 4.79 Å². The van der Waals surface area contributed by atoms with Gasteiger partial charge in [-0.1, -0.05) is 42.0 Å². The number of anilines is 1. The lowest BCUT2D eigenvalue weighted by molar-refractivity contribution is -0.119. The van der Waals surface area contributed by atoms with E-state index >= 15 is 0 Å². The Hall–Kier alpha value is -3.41. The van der Waals surface area contributed by atoms with Gasteiger partial charge in [0.25, 0.3) is 5.91 Å². The molecule has 0 saturated carbocycles. The van der Waals surface area contributed by atoms with Gasteiger partial charge in [-0.3, -0.25) is 9.48 Å². The SMILES string of the molecule is Cc1ccc(Cn2nc(C)c(C(=O)OCC(=O)Nc3cccc(C)c3C)c2C)cc1. The van der Waals surface area contributed by atoms with Gasteiger partial charge in [0.1, 0.15) is 5.56 Å². The molecule has 0 fully saturated rings. The van der Waals surface area contributed by atoms with Gasteiger partial charge in [-0.05, 0) is 57.4 Å². The lowest BCUT2D eigenvalue weighted by atomic mass is 10.1. The van der Waals surface area contributed by atoms with Crippen LogP contribution in [0.15, 0.2) is 42.5 Å². The summed E-state index contributed by atoms with van der Waals surface area (Å²) in [6, 6.07) is 13.9. The maximum atomic E-state index is 12.6. The summed E-state index contributed by atoms with van der Waals surface area (Å²) >= 11 is 0. The highest BCUT2D eigenvalue weighted by Gasteiger charge is 2.21. The molecule has 1 aromatic heterocycles. The van der Waals surface area contributed by atoms with Crippen molar-refractivity contribution in [3.05, 3.63) is 81.7 Å². The summed E-state index contributed by atoms with van der Waals surface area (Å²) in [5.41, 5.74) is 6.77. The van der Waals surface area contributed by atoms with Crippen LogP contribution in [-0.4, -0.2) is 28.3 Å². The van der Waals surface area contributed by atoms with E-state index in [9.17, 15) is 9.59 Å². The van der Waals surface area contributed by atoms with Crippen LogP contribution >= 0.6 is 0 Å². The van der Waals surface area contributed by atoms with Gasteiger partial charge < -0.3 is 10.1 Å². The van der Waals surface area contributed by atoms with Crippen molar-refractivity contribution in [1.29, 1.82) is 0 Å². The fourth-order valence-corrected chi connectivity index (χ4v) is 3.29. The molecular formula is C24H27N3O3. The van der Waals surface area contributed by atoms with Crippen LogP contribution in [0.25, 0.3) is 0 Å². The Labute approximate surface area is 176 Å². The average Bonchev–Trinajstić information content (AvgIpc) is 2.98. The van der Waals surface area contributed by atoms with Gasteiger partial charge in [-0.2, -0.15) is 5.10 Å². The van der Waals surface area contributed by atoms with Crippen LogP contribution in [-0.2, 0) is 16.1 Å². The van der Waals surface area contributed by atoms with Gasteiger partial charge in [-0.15, -0.1) is 0 Å². The Morgan fingerprint density at radius 3 is 2.40 bits per heavy atom. The van der Waals surface area contributed by atoms with Crippen LogP contribution in [0.1, 0.15) is 44.0 Å². The van der Waals surface area contributed by atoms with Crippen LogP contribution in [0.5, 0.6) is 0 Å². The molecule has 0 aliphatic heterocycles. The summed E-state index contributed by atoms with van der Waals surface area (Å²) in [6.07, 6.45) is 0. The van der Waals surface area contributed by atoms with Crippen molar-refractivity contribution >= 4 is 17.6 Å². The van der Waals surface area contributed by atoms with Gasteiger partial charge in [0.2, 0.25) is 0 Å². The number of hydrogen-bond donors (Lipinski definition) is 1. The molecule has 156 valence electrons. The maximum Gasteiger partial charge on any atom is 0.342 e. The molecule has 0 aliphatic carbocycles. The van der Waals surface area contributed by atoms with Gasteiger partial charge in [0.05, 0.1) is 17.9 Å². The summed E-state index contributed by atoms with van der Waals surface area (Å²) in [4.78, 5) is 24.9. The molecule has 0 spiro atoms. The fourth-order valence-electron chi connectivity index (χ4n) is 3.29. The minimum Gasteiger partial charge on any atom is -0.452 e. The standard InChI is InChI=1S/C24H27N3O3/c1-15-9-11-20(12-10-15)13-27-19(5)23(18(4)26-27)24(29)30-14-22(28)25-21-8-6-7-16(2)17(21)3/h6-12H,13-14H2,1-5H3,(H,25,28). The third kappa shape index (κ3) is 4.76. The minimum atomic E-state index is -0.545. The number of nitrogens with one attached hydrogen (secondary N) is 1. The van der Waals surface area contributed by atoms with Crippen LogP contribution in [0.4, 0.5) is 5.69 Å². The Morgan fingerprint density at radius 2 is 1.70 bits per heavy atom. The number of esters is 1. The molecule has 0 radical (unpaired) electrons. The quantitative estimate of drug-likeness (QED) is 0.622. The van der Waals surface area contributed by atoms with Crippen LogP contribution in [0.3, 0.4) is 0 Å². The van der Waals surface area contributed by atoms with E-state index in [0.29, 0.717) is 29.2 Å². The normalized spacial score (nSPS) is 10.7. The number of carbonyl (C=O) groups excluding carboxylic acids is 2. The number of aryl methyl sites for hydroxylation is 3. The van der Waals surface area contributed by atoms with Crippen molar-refractivity contribution in [2.45, 2.75) is 41.2 Å². The molecule has 2 aromatic carbocycles. The lowest BCUT2D eigenvalue weighted by Gasteiger charge is -2.11. The van der Waals surface area contributed by atoms with Gasteiger partial charge in [0, 0.05) is 5.69 Å². The summed E-state index contributed by atoms with van der Waals surface area (Å²) < 4.78 is 7.05. The number of ether oxygens (including phenoxy) is 1. The fraction of sp³-hybridized carbons (Fsp3) is 0.292. The second-order valence-corrected chi connectivity index (χ2v) is 7.56. The van der Waals surface area contributed by atoms with Crippen molar-refractivity contribution in [3.63, 3.8) is 0 Å². The molecule has 0 saturated heterocycles. The molecule has 1 heterocycles. The Bertz CT molecular complexity index is 1080. The van der Waals surface area contributed by atoms with Gasteiger partial charge >= 0.3 is 5.97 Å². The van der Waals surface area contributed by atoms with Gasteiger partial charge in [0.15, 0.2) is 6.61 Å². The van der Waals surface area contributed by atoms with Crippen molar-refractivity contribution in [1.82, 2.24) is 9.78 Å². The zero-order chi connectivity index (χ0) is 21.8. The number of aromatic nitrogens is 2. The molecule has 30 heavy (non-hydrogen) atoms. The number of hydrogen-bond acceptors (Lipinski definition) is 4.